The first kappa shape index (κ1) is 14.6. The summed E-state index contributed by atoms with van der Waals surface area (Å²) in [4.78, 5) is 31.4. The van der Waals surface area contributed by atoms with Crippen molar-refractivity contribution in [3.8, 4) is 0 Å². The van der Waals surface area contributed by atoms with E-state index in [1.165, 1.54) is 4.90 Å². The molecule has 0 bridgehead atoms. The van der Waals surface area contributed by atoms with Crippen LogP contribution in [0.1, 0.15) is 39.0 Å². The molecule has 0 spiro atoms. The lowest BCUT2D eigenvalue weighted by Gasteiger charge is -2.34. The molecule has 100 valence electrons. The third-order valence-electron chi connectivity index (χ3n) is 3.33. The van der Waals surface area contributed by atoms with Crippen LogP contribution >= 0.6 is 7.60 Å². The number of unbranched alkanes of at least 4 members (excludes halogenated alkanes) is 2. The second-order valence-corrected chi connectivity index (χ2v) is 6.29. The highest BCUT2D eigenvalue weighted by Gasteiger charge is 2.60. The smallest absolute Gasteiger partial charge is 0.357 e. The van der Waals surface area contributed by atoms with E-state index in [4.69, 9.17) is 0 Å². The summed E-state index contributed by atoms with van der Waals surface area (Å²) in [6, 6.07) is 0. The summed E-state index contributed by atoms with van der Waals surface area (Å²) in [5.41, 5.74) is 0. The van der Waals surface area contributed by atoms with Gasteiger partial charge in [-0.25, -0.2) is 4.79 Å². The van der Waals surface area contributed by atoms with Gasteiger partial charge in [-0.2, -0.15) is 0 Å². The minimum atomic E-state index is -4.68. The third-order valence-corrected chi connectivity index (χ3v) is 4.99. The summed E-state index contributed by atoms with van der Waals surface area (Å²) in [5, 5.41) is 7.21. The normalized spacial score (nSPS) is 26.3. The molecule has 0 radical (unpaired) electrons. The third kappa shape index (κ3) is 2.71. The van der Waals surface area contributed by atoms with Gasteiger partial charge < -0.3 is 14.9 Å². The fourth-order valence-electron chi connectivity index (χ4n) is 2.41. The van der Waals surface area contributed by atoms with Crippen LogP contribution in [0.5, 0.6) is 0 Å². The number of carboxylic acids is 1. The van der Waals surface area contributed by atoms with Crippen molar-refractivity contribution in [2.24, 2.45) is 0 Å². The lowest BCUT2D eigenvalue weighted by molar-refractivity contribution is -0.145. The Balaban J connectivity index is 2.88. The first-order valence-corrected chi connectivity index (χ1v) is 7.51. The van der Waals surface area contributed by atoms with E-state index >= 15 is 0 Å². The number of rotatable bonds is 6. The quantitative estimate of drug-likeness (QED) is 0.493. The lowest BCUT2D eigenvalue weighted by Crippen LogP contribution is -2.50. The van der Waals surface area contributed by atoms with E-state index in [-0.39, 0.29) is 6.42 Å². The summed E-state index contributed by atoms with van der Waals surface area (Å²) in [5.74, 6) is -1.40. The van der Waals surface area contributed by atoms with Crippen LogP contribution in [0.15, 0.2) is 0 Å². The molecular weight excluding hydrogens is 245 g/mol. The molecule has 1 rings (SSSR count). The molecule has 1 aliphatic heterocycles. The molecular formula is C10H20NO5P. The molecule has 0 unspecified atom stereocenters. The minimum absolute atomic E-state index is 0.0265. The molecule has 17 heavy (non-hydrogen) atoms. The number of carbonyl (C=O) groups is 1. The highest BCUT2D eigenvalue weighted by atomic mass is 31.2. The van der Waals surface area contributed by atoms with Crippen molar-refractivity contribution in [3.63, 3.8) is 0 Å². The predicted octanol–water partition coefficient (Wildman–Crippen LogP) is 1.23. The van der Waals surface area contributed by atoms with E-state index in [0.717, 1.165) is 19.3 Å². The van der Waals surface area contributed by atoms with Gasteiger partial charge in [0.05, 0.1) is 0 Å². The molecule has 1 saturated heterocycles. The number of nitrogens with zero attached hydrogens (tertiary/aromatic N) is 1. The topological polar surface area (TPSA) is 98.1 Å². The molecule has 0 aromatic carbocycles. The van der Waals surface area contributed by atoms with Crippen molar-refractivity contribution < 1.29 is 24.3 Å². The highest BCUT2D eigenvalue weighted by Crippen LogP contribution is 2.57. The molecule has 0 aromatic rings. The fourth-order valence-corrected chi connectivity index (χ4v) is 3.67. The van der Waals surface area contributed by atoms with Crippen molar-refractivity contribution in [3.05, 3.63) is 0 Å². The van der Waals surface area contributed by atoms with E-state index in [1.54, 1.807) is 0 Å². The minimum Gasteiger partial charge on any atom is -0.479 e. The summed E-state index contributed by atoms with van der Waals surface area (Å²) < 4.78 is 11.5. The van der Waals surface area contributed by atoms with Gasteiger partial charge in [0.15, 0.2) is 0 Å². The number of hydrogen-bond donors (Lipinski definition) is 3. The SMILES string of the molecule is CCCCCN1CCC[C@]1(C(=O)O)P(=O)(O)O. The van der Waals surface area contributed by atoms with Crippen molar-refractivity contribution >= 4 is 13.6 Å². The van der Waals surface area contributed by atoms with Crippen LogP contribution < -0.4 is 0 Å². The van der Waals surface area contributed by atoms with Crippen LogP contribution in [-0.4, -0.2) is 44.1 Å². The first-order chi connectivity index (χ1) is 7.86. The molecule has 0 aromatic heterocycles. The van der Waals surface area contributed by atoms with Crippen molar-refractivity contribution in [2.45, 2.75) is 44.3 Å². The van der Waals surface area contributed by atoms with Gasteiger partial charge in [-0.3, -0.25) is 9.46 Å². The van der Waals surface area contributed by atoms with Gasteiger partial charge in [-0.15, -0.1) is 0 Å². The maximum absolute atomic E-state index is 11.5. The number of hydrogen-bond acceptors (Lipinski definition) is 3. The Morgan fingerprint density at radius 2 is 2.06 bits per heavy atom. The van der Waals surface area contributed by atoms with Gasteiger partial charge in [0, 0.05) is 0 Å². The largest absolute Gasteiger partial charge is 0.479 e. The van der Waals surface area contributed by atoms with Crippen LogP contribution in [0, 0.1) is 0 Å². The maximum atomic E-state index is 11.5. The van der Waals surface area contributed by atoms with E-state index in [2.05, 4.69) is 0 Å². The number of carboxylic acid groups (broad SMARTS) is 1. The fraction of sp³-hybridized carbons (Fsp3) is 0.900. The average molecular weight is 265 g/mol. The monoisotopic (exact) mass is 265 g/mol. The zero-order valence-corrected chi connectivity index (χ0v) is 10.9. The zero-order valence-electron chi connectivity index (χ0n) is 10.0. The van der Waals surface area contributed by atoms with E-state index in [0.29, 0.717) is 19.5 Å². The number of aliphatic carboxylic acids is 1. The Morgan fingerprint density at radius 3 is 2.53 bits per heavy atom. The van der Waals surface area contributed by atoms with Crippen molar-refractivity contribution in [1.82, 2.24) is 4.90 Å². The summed E-state index contributed by atoms with van der Waals surface area (Å²) >= 11 is 0. The van der Waals surface area contributed by atoms with Gasteiger partial charge in [0.25, 0.3) is 0 Å². The molecule has 6 nitrogen and oxygen atoms in total. The molecule has 1 fully saturated rings. The molecule has 3 N–H and O–H groups in total. The van der Waals surface area contributed by atoms with Gasteiger partial charge in [0.1, 0.15) is 0 Å². The molecule has 1 atom stereocenters. The van der Waals surface area contributed by atoms with Gasteiger partial charge in [-0.05, 0) is 32.4 Å². The molecule has 0 saturated carbocycles. The Hall–Kier alpha value is -0.420. The van der Waals surface area contributed by atoms with E-state index in [9.17, 15) is 24.3 Å². The van der Waals surface area contributed by atoms with Crippen LogP contribution in [-0.2, 0) is 9.36 Å². The Morgan fingerprint density at radius 1 is 1.41 bits per heavy atom. The maximum Gasteiger partial charge on any atom is 0.357 e. The predicted molar refractivity (Wildman–Crippen MR) is 62.7 cm³/mol. The Labute approximate surface area is 101 Å². The standard InChI is InChI=1S/C10H20NO5P/c1-2-3-4-7-11-8-5-6-10(11,9(12)13)17(14,15)16/h2-8H2,1H3,(H,12,13)(H2,14,15,16)/t10-/m1/s1. The van der Waals surface area contributed by atoms with Crippen molar-refractivity contribution in [2.75, 3.05) is 13.1 Å². The highest BCUT2D eigenvalue weighted by molar-refractivity contribution is 7.54. The molecule has 7 heteroatoms. The van der Waals surface area contributed by atoms with Crippen molar-refractivity contribution in [1.29, 1.82) is 0 Å². The van der Waals surface area contributed by atoms with Crippen LogP contribution in [0.25, 0.3) is 0 Å². The summed E-state index contributed by atoms with van der Waals surface area (Å²) in [7, 11) is -4.68. The summed E-state index contributed by atoms with van der Waals surface area (Å²) in [6.45, 7) is 2.91. The molecule has 0 aliphatic carbocycles. The van der Waals surface area contributed by atoms with E-state index < -0.39 is 18.8 Å². The van der Waals surface area contributed by atoms with Crippen LogP contribution in [0.3, 0.4) is 0 Å². The second-order valence-electron chi connectivity index (χ2n) is 4.46. The van der Waals surface area contributed by atoms with E-state index in [1.807, 2.05) is 6.92 Å². The van der Waals surface area contributed by atoms with Gasteiger partial charge >= 0.3 is 13.6 Å². The van der Waals surface area contributed by atoms with Crippen LogP contribution in [0.2, 0.25) is 0 Å². The first-order valence-electron chi connectivity index (χ1n) is 5.90. The van der Waals surface area contributed by atoms with Gasteiger partial charge in [-0.1, -0.05) is 19.8 Å². The average Bonchev–Trinajstić information content (AvgIpc) is 2.62. The summed E-state index contributed by atoms with van der Waals surface area (Å²) in [6.07, 6.45) is 3.24. The second kappa shape index (κ2) is 5.48. The molecule has 0 amide bonds. The Kier molecular flexibility index (Phi) is 4.72. The number of likely N-dealkylation sites (tertiary alicyclic amines) is 1. The molecule has 1 aliphatic rings. The lowest BCUT2D eigenvalue weighted by atomic mass is 10.2. The van der Waals surface area contributed by atoms with Crippen LogP contribution in [0.4, 0.5) is 0 Å². The van der Waals surface area contributed by atoms with Gasteiger partial charge in [0.2, 0.25) is 5.28 Å². The molecule has 1 heterocycles. The zero-order chi connectivity index (χ0) is 13.1. The Bertz CT molecular complexity index is 329.